The first-order chi connectivity index (χ1) is 5.04. The molecule has 2 nitrogen and oxygen atoms in total. The fraction of sp³-hybridized carbons (Fsp3) is 1.00. The molecule has 0 radical (unpaired) electrons. The van der Waals surface area contributed by atoms with Crippen molar-refractivity contribution >= 4 is 0 Å². The summed E-state index contributed by atoms with van der Waals surface area (Å²) in [6, 6.07) is 0. The maximum Gasteiger partial charge on any atom is 0.0809 e. The predicted octanol–water partition coefficient (Wildman–Crippen LogP) is 1.43. The second-order valence-corrected chi connectivity index (χ2v) is 4.44. The Balaban J connectivity index is 2.42. The smallest absolute Gasteiger partial charge is 0.0809 e. The Labute approximate surface area is 68.6 Å². The van der Waals surface area contributed by atoms with Gasteiger partial charge in [-0.2, -0.15) is 0 Å². The first-order valence-corrected chi connectivity index (χ1v) is 4.26. The van der Waals surface area contributed by atoms with Gasteiger partial charge in [-0.05, 0) is 17.8 Å². The molecule has 2 heteroatoms. The van der Waals surface area contributed by atoms with Crippen LogP contribution in [0.2, 0.25) is 0 Å². The monoisotopic (exact) mass is 158 g/mol. The van der Waals surface area contributed by atoms with Crippen molar-refractivity contribution in [2.75, 3.05) is 13.2 Å². The van der Waals surface area contributed by atoms with Gasteiger partial charge in [-0.1, -0.05) is 20.8 Å². The van der Waals surface area contributed by atoms with Gasteiger partial charge < -0.3 is 9.84 Å². The predicted molar refractivity (Wildman–Crippen MR) is 44.4 cm³/mol. The highest BCUT2D eigenvalue weighted by molar-refractivity contribution is 4.81. The molecular formula is C9H18O2. The fourth-order valence-corrected chi connectivity index (χ4v) is 1.44. The molecule has 11 heavy (non-hydrogen) atoms. The summed E-state index contributed by atoms with van der Waals surface area (Å²) in [7, 11) is 0. The van der Waals surface area contributed by atoms with Gasteiger partial charge in [0.05, 0.1) is 19.3 Å². The van der Waals surface area contributed by atoms with Crippen molar-refractivity contribution in [2.45, 2.75) is 33.3 Å². The van der Waals surface area contributed by atoms with Crippen molar-refractivity contribution in [2.24, 2.45) is 11.3 Å². The zero-order valence-electron chi connectivity index (χ0n) is 7.63. The molecule has 1 aliphatic rings. The Morgan fingerprint density at radius 2 is 2.09 bits per heavy atom. The largest absolute Gasteiger partial charge is 0.394 e. The van der Waals surface area contributed by atoms with E-state index in [2.05, 4.69) is 20.8 Å². The van der Waals surface area contributed by atoms with Crippen molar-refractivity contribution in [3.63, 3.8) is 0 Å². The van der Waals surface area contributed by atoms with E-state index in [0.717, 1.165) is 13.0 Å². The maximum absolute atomic E-state index is 8.82. The van der Waals surface area contributed by atoms with Crippen LogP contribution in [0.3, 0.4) is 0 Å². The molecule has 1 rings (SSSR count). The summed E-state index contributed by atoms with van der Waals surface area (Å²) in [6.07, 6.45) is 1.11. The first kappa shape index (κ1) is 9.01. The van der Waals surface area contributed by atoms with Gasteiger partial charge in [0.25, 0.3) is 0 Å². The average molecular weight is 158 g/mol. The van der Waals surface area contributed by atoms with Gasteiger partial charge >= 0.3 is 0 Å². The highest BCUT2D eigenvalue weighted by Crippen LogP contribution is 2.34. The Kier molecular flexibility index (Phi) is 2.55. The van der Waals surface area contributed by atoms with Gasteiger partial charge in [0.1, 0.15) is 0 Å². The summed E-state index contributed by atoms with van der Waals surface area (Å²) in [5.74, 6) is 0.611. The number of hydrogen-bond donors (Lipinski definition) is 1. The van der Waals surface area contributed by atoms with E-state index >= 15 is 0 Å². The molecule has 0 spiro atoms. The van der Waals surface area contributed by atoms with Crippen molar-refractivity contribution in [1.29, 1.82) is 0 Å². The quantitative estimate of drug-likeness (QED) is 0.625. The van der Waals surface area contributed by atoms with E-state index in [1.807, 2.05) is 0 Å². The Morgan fingerprint density at radius 1 is 1.45 bits per heavy atom. The fourth-order valence-electron chi connectivity index (χ4n) is 1.44. The molecule has 66 valence electrons. The summed E-state index contributed by atoms with van der Waals surface area (Å²) in [5.41, 5.74) is 0.323. The highest BCUT2D eigenvalue weighted by atomic mass is 16.5. The average Bonchev–Trinajstić information content (AvgIpc) is 2.32. The molecule has 2 atom stereocenters. The minimum Gasteiger partial charge on any atom is -0.394 e. The summed E-state index contributed by atoms with van der Waals surface area (Å²) >= 11 is 0. The van der Waals surface area contributed by atoms with Crippen LogP contribution < -0.4 is 0 Å². The van der Waals surface area contributed by atoms with Crippen molar-refractivity contribution < 1.29 is 9.84 Å². The SMILES string of the molecule is CC(C)(C)[C@@H]1CO[C@@H](CO)C1. The van der Waals surface area contributed by atoms with Crippen molar-refractivity contribution in [1.82, 2.24) is 0 Å². The minimum absolute atomic E-state index is 0.0965. The number of ether oxygens (including phenoxy) is 1. The number of hydrogen-bond acceptors (Lipinski definition) is 2. The highest BCUT2D eigenvalue weighted by Gasteiger charge is 2.33. The van der Waals surface area contributed by atoms with Gasteiger partial charge in [-0.25, -0.2) is 0 Å². The third-order valence-corrected chi connectivity index (χ3v) is 2.51. The van der Waals surface area contributed by atoms with E-state index in [9.17, 15) is 0 Å². The molecule has 0 amide bonds. The molecule has 1 heterocycles. The van der Waals surface area contributed by atoms with E-state index in [1.165, 1.54) is 0 Å². The molecule has 0 bridgehead atoms. The molecule has 1 fully saturated rings. The van der Waals surface area contributed by atoms with Crippen LogP contribution in [-0.2, 0) is 4.74 Å². The lowest BCUT2D eigenvalue weighted by molar-refractivity contribution is 0.0540. The lowest BCUT2D eigenvalue weighted by Crippen LogP contribution is -2.20. The molecule has 1 saturated heterocycles. The standard InChI is InChI=1S/C9H18O2/c1-9(2,3)7-4-8(5-10)11-6-7/h7-8,10H,4-6H2,1-3H3/t7-,8+/m0/s1. The van der Waals surface area contributed by atoms with Crippen molar-refractivity contribution in [3.8, 4) is 0 Å². The Morgan fingerprint density at radius 3 is 2.36 bits per heavy atom. The Hall–Kier alpha value is -0.0800. The van der Waals surface area contributed by atoms with E-state index in [4.69, 9.17) is 9.84 Å². The van der Waals surface area contributed by atoms with Crippen LogP contribution in [0, 0.1) is 11.3 Å². The molecule has 1 N–H and O–H groups in total. The van der Waals surface area contributed by atoms with Gasteiger partial charge in [-0.15, -0.1) is 0 Å². The minimum atomic E-state index is 0.0965. The summed E-state index contributed by atoms with van der Waals surface area (Å²) in [5, 5.41) is 8.82. The molecule has 0 aromatic heterocycles. The Bertz CT molecular complexity index is 126. The van der Waals surface area contributed by atoms with Crippen LogP contribution in [-0.4, -0.2) is 24.4 Å². The van der Waals surface area contributed by atoms with Crippen LogP contribution in [0.25, 0.3) is 0 Å². The zero-order valence-corrected chi connectivity index (χ0v) is 7.63. The van der Waals surface area contributed by atoms with Gasteiger partial charge in [0.2, 0.25) is 0 Å². The van der Waals surface area contributed by atoms with Crippen LogP contribution in [0.15, 0.2) is 0 Å². The van der Waals surface area contributed by atoms with E-state index in [-0.39, 0.29) is 12.7 Å². The van der Waals surface area contributed by atoms with Gasteiger partial charge in [0.15, 0.2) is 0 Å². The lowest BCUT2D eigenvalue weighted by Gasteiger charge is -2.25. The molecule has 0 aliphatic carbocycles. The molecule has 0 aromatic rings. The maximum atomic E-state index is 8.82. The summed E-state index contributed by atoms with van der Waals surface area (Å²) in [4.78, 5) is 0. The summed E-state index contributed by atoms with van der Waals surface area (Å²) in [6.45, 7) is 7.66. The molecule has 0 aromatic carbocycles. The van der Waals surface area contributed by atoms with Gasteiger partial charge in [-0.3, -0.25) is 0 Å². The van der Waals surface area contributed by atoms with Crippen molar-refractivity contribution in [3.05, 3.63) is 0 Å². The van der Waals surface area contributed by atoms with Crippen LogP contribution in [0.4, 0.5) is 0 Å². The second kappa shape index (κ2) is 3.11. The second-order valence-electron chi connectivity index (χ2n) is 4.44. The first-order valence-electron chi connectivity index (χ1n) is 4.26. The molecule has 0 unspecified atom stereocenters. The van der Waals surface area contributed by atoms with Gasteiger partial charge in [0, 0.05) is 0 Å². The van der Waals surface area contributed by atoms with E-state index in [1.54, 1.807) is 0 Å². The van der Waals surface area contributed by atoms with E-state index < -0.39 is 0 Å². The van der Waals surface area contributed by atoms with E-state index in [0.29, 0.717) is 11.3 Å². The topological polar surface area (TPSA) is 29.5 Å². The third kappa shape index (κ3) is 2.17. The zero-order chi connectivity index (χ0) is 8.48. The van der Waals surface area contributed by atoms with Crippen LogP contribution in [0.5, 0.6) is 0 Å². The molecule has 1 aliphatic heterocycles. The molecule has 0 saturated carbocycles. The summed E-state index contributed by atoms with van der Waals surface area (Å²) < 4.78 is 5.39. The van der Waals surface area contributed by atoms with Crippen LogP contribution >= 0.6 is 0 Å². The lowest BCUT2D eigenvalue weighted by atomic mass is 9.79. The number of aliphatic hydroxyl groups is 1. The number of rotatable bonds is 1. The molecular weight excluding hydrogens is 140 g/mol. The number of aliphatic hydroxyl groups excluding tert-OH is 1. The van der Waals surface area contributed by atoms with Crippen LogP contribution in [0.1, 0.15) is 27.2 Å². The normalized spacial score (nSPS) is 32.7. The third-order valence-electron chi connectivity index (χ3n) is 2.51.